The summed E-state index contributed by atoms with van der Waals surface area (Å²) in [6.45, 7) is 7.66. The van der Waals surface area contributed by atoms with E-state index in [9.17, 15) is 19.1 Å². The van der Waals surface area contributed by atoms with Gasteiger partial charge in [-0.15, -0.1) is 10.2 Å². The summed E-state index contributed by atoms with van der Waals surface area (Å²) < 4.78 is 37.2. The van der Waals surface area contributed by atoms with Crippen molar-refractivity contribution in [3.8, 4) is 23.0 Å². The highest BCUT2D eigenvalue weighted by Crippen LogP contribution is 2.46. The second-order valence-electron chi connectivity index (χ2n) is 11.5. The molecule has 2 aliphatic heterocycles. The van der Waals surface area contributed by atoms with Gasteiger partial charge in [0.15, 0.2) is 27.3 Å². The summed E-state index contributed by atoms with van der Waals surface area (Å²) in [5.74, 6) is 0.423. The second-order valence-corrected chi connectivity index (χ2v) is 13.6. The largest absolute Gasteiger partial charge is 0.507 e. The number of halogens is 1. The van der Waals surface area contributed by atoms with Gasteiger partial charge in [0.05, 0.1) is 24.8 Å². The Morgan fingerprint density at radius 2 is 1.79 bits per heavy atom. The molecule has 6 rings (SSSR count). The van der Waals surface area contributed by atoms with Gasteiger partial charge < -0.3 is 24.1 Å². The average molecular weight is 692 g/mol. The lowest BCUT2D eigenvalue weighted by molar-refractivity contribution is -0.132. The van der Waals surface area contributed by atoms with Gasteiger partial charge in [-0.1, -0.05) is 55.1 Å². The van der Waals surface area contributed by atoms with E-state index >= 15 is 0 Å². The van der Waals surface area contributed by atoms with E-state index in [-0.39, 0.29) is 27.8 Å². The van der Waals surface area contributed by atoms with E-state index in [2.05, 4.69) is 24.0 Å². The van der Waals surface area contributed by atoms with Crippen LogP contribution in [0.4, 0.5) is 9.52 Å². The van der Waals surface area contributed by atoms with Crippen LogP contribution in [0.15, 0.2) is 70.6 Å². The first-order valence-electron chi connectivity index (χ1n) is 15.5. The number of aromatic nitrogens is 2. The maximum Gasteiger partial charge on any atom is 0.301 e. The van der Waals surface area contributed by atoms with Gasteiger partial charge in [0, 0.05) is 11.3 Å². The summed E-state index contributed by atoms with van der Waals surface area (Å²) in [4.78, 5) is 28.9. The van der Waals surface area contributed by atoms with Crippen molar-refractivity contribution < 1.29 is 38.0 Å². The molecule has 0 unspecified atom stereocenters. The fourth-order valence-corrected chi connectivity index (χ4v) is 7.09. The molecule has 3 heterocycles. The van der Waals surface area contributed by atoms with E-state index in [1.807, 2.05) is 6.92 Å². The van der Waals surface area contributed by atoms with Crippen molar-refractivity contribution >= 4 is 45.7 Å². The van der Waals surface area contributed by atoms with Crippen LogP contribution in [0.1, 0.15) is 49.9 Å². The van der Waals surface area contributed by atoms with Gasteiger partial charge in [-0.2, -0.15) is 0 Å². The van der Waals surface area contributed by atoms with Gasteiger partial charge in [0.2, 0.25) is 5.13 Å². The van der Waals surface area contributed by atoms with Crippen LogP contribution in [0.2, 0.25) is 0 Å². The Morgan fingerprint density at radius 1 is 1.02 bits per heavy atom. The molecule has 3 aromatic carbocycles. The van der Waals surface area contributed by atoms with Crippen LogP contribution in [-0.2, 0) is 15.3 Å². The zero-order chi connectivity index (χ0) is 33.8. The third kappa shape index (κ3) is 7.12. The number of hydrogen-bond acceptors (Lipinski definition) is 11. The molecule has 10 nitrogen and oxygen atoms in total. The molecular formula is C35H34FN3O7S2. The molecule has 250 valence electrons. The molecular weight excluding hydrogens is 658 g/mol. The Labute approximate surface area is 285 Å². The van der Waals surface area contributed by atoms with E-state index in [1.165, 1.54) is 28.8 Å². The lowest BCUT2D eigenvalue weighted by Crippen LogP contribution is -2.29. The minimum absolute atomic E-state index is 0.122. The van der Waals surface area contributed by atoms with Crippen molar-refractivity contribution in [3.05, 3.63) is 88.7 Å². The number of nitrogens with zero attached hydrogens (tertiary/aromatic N) is 3. The molecule has 1 fully saturated rings. The Morgan fingerprint density at radius 3 is 2.54 bits per heavy atom. The maximum absolute atomic E-state index is 13.8. The first kappa shape index (κ1) is 33.3. The third-order valence-electron chi connectivity index (χ3n) is 7.67. The standard InChI is InChI=1S/C35H34FN3O7S2/c1-4-43-27-17-22(7-11-25(27)44-14-13-20(2)3)30-29(31(40)23-8-12-26-28(18-23)46-16-15-45-26)32(41)33(42)39(30)34-37-38-35(48-34)47-19-21-5-9-24(36)10-6-21/h5-12,17-18,20,30,40H,4,13-16,19H2,1-3H3/b31-29+/t30-/m1/s1. The fourth-order valence-electron chi connectivity index (χ4n) is 5.26. The van der Waals surface area contributed by atoms with Crippen molar-refractivity contribution in [3.63, 3.8) is 0 Å². The van der Waals surface area contributed by atoms with Crippen molar-refractivity contribution in [2.24, 2.45) is 5.92 Å². The van der Waals surface area contributed by atoms with Gasteiger partial charge in [-0.25, -0.2) is 4.39 Å². The predicted molar refractivity (Wildman–Crippen MR) is 181 cm³/mol. The molecule has 1 amide bonds. The topological polar surface area (TPSA) is 120 Å². The third-order valence-corrected chi connectivity index (χ3v) is 9.80. The number of ketones is 1. The first-order chi connectivity index (χ1) is 23.2. The minimum Gasteiger partial charge on any atom is -0.507 e. The maximum atomic E-state index is 13.8. The number of aliphatic hydroxyl groups is 1. The quantitative estimate of drug-likeness (QED) is 0.0537. The Balaban J connectivity index is 1.40. The van der Waals surface area contributed by atoms with E-state index < -0.39 is 17.7 Å². The lowest BCUT2D eigenvalue weighted by Gasteiger charge is -2.24. The summed E-state index contributed by atoms with van der Waals surface area (Å²) in [7, 11) is 0. The molecule has 0 saturated carbocycles. The first-order valence-corrected chi connectivity index (χ1v) is 17.3. The van der Waals surface area contributed by atoms with Crippen LogP contribution in [0.25, 0.3) is 5.76 Å². The summed E-state index contributed by atoms with van der Waals surface area (Å²) >= 11 is 2.51. The Kier molecular flexibility index (Phi) is 10.2. The number of fused-ring (bicyclic) bond motifs is 1. The smallest absolute Gasteiger partial charge is 0.301 e. The number of benzene rings is 3. The number of thioether (sulfide) groups is 1. The molecule has 0 radical (unpaired) electrons. The number of aliphatic hydroxyl groups excluding tert-OH is 1. The number of ether oxygens (including phenoxy) is 4. The van der Waals surface area contributed by atoms with Gasteiger partial charge in [-0.3, -0.25) is 14.5 Å². The highest BCUT2D eigenvalue weighted by Gasteiger charge is 2.48. The normalized spacial score (nSPS) is 16.9. The molecule has 0 spiro atoms. The highest BCUT2D eigenvalue weighted by atomic mass is 32.2. The zero-order valence-electron chi connectivity index (χ0n) is 26.6. The Hall–Kier alpha value is -4.62. The molecule has 1 N–H and O–H groups in total. The minimum atomic E-state index is -1.06. The lowest BCUT2D eigenvalue weighted by atomic mass is 9.95. The van der Waals surface area contributed by atoms with Gasteiger partial charge >= 0.3 is 5.91 Å². The number of anilines is 1. The second kappa shape index (κ2) is 14.7. The molecule has 1 atom stereocenters. The fraction of sp³-hybridized carbons (Fsp3) is 0.314. The van der Waals surface area contributed by atoms with Gasteiger partial charge in [0.1, 0.15) is 24.8 Å². The summed E-state index contributed by atoms with van der Waals surface area (Å²) in [5, 5.41) is 20.4. The van der Waals surface area contributed by atoms with Gasteiger partial charge in [-0.05, 0) is 72.9 Å². The van der Waals surface area contributed by atoms with Crippen LogP contribution in [0.3, 0.4) is 0 Å². The molecule has 2 aliphatic rings. The van der Waals surface area contributed by atoms with Crippen molar-refractivity contribution in [1.82, 2.24) is 10.2 Å². The number of hydrogen-bond donors (Lipinski definition) is 1. The Bertz CT molecular complexity index is 1840. The predicted octanol–water partition coefficient (Wildman–Crippen LogP) is 7.19. The number of Topliss-reactive ketones (excluding diaryl/α,β-unsaturated/α-hetero) is 1. The van der Waals surface area contributed by atoms with Crippen LogP contribution >= 0.6 is 23.1 Å². The number of carbonyl (C=O) groups is 2. The van der Waals surface area contributed by atoms with Crippen LogP contribution < -0.4 is 23.8 Å². The molecule has 48 heavy (non-hydrogen) atoms. The monoisotopic (exact) mass is 691 g/mol. The number of carbonyl (C=O) groups excluding carboxylic acids is 2. The summed E-state index contributed by atoms with van der Waals surface area (Å²) in [6, 6.07) is 15.2. The molecule has 1 saturated heterocycles. The molecule has 13 heteroatoms. The van der Waals surface area contributed by atoms with E-state index in [4.69, 9.17) is 18.9 Å². The van der Waals surface area contributed by atoms with Crippen molar-refractivity contribution in [2.45, 2.75) is 43.3 Å². The van der Waals surface area contributed by atoms with E-state index in [0.29, 0.717) is 71.0 Å². The number of amides is 1. The zero-order valence-corrected chi connectivity index (χ0v) is 28.2. The highest BCUT2D eigenvalue weighted by molar-refractivity contribution is 8.00. The SMILES string of the molecule is CCOc1cc([C@@H]2/C(=C(\O)c3ccc4c(c3)OCCO4)C(=O)C(=O)N2c2nnc(SCc3ccc(F)cc3)s2)ccc1OCCC(C)C. The molecule has 0 bridgehead atoms. The average Bonchev–Trinajstić information content (AvgIpc) is 3.66. The van der Waals surface area contributed by atoms with Gasteiger partial charge in [0.25, 0.3) is 5.78 Å². The van der Waals surface area contributed by atoms with Crippen molar-refractivity contribution in [1.29, 1.82) is 0 Å². The van der Waals surface area contributed by atoms with Crippen LogP contribution in [-0.4, -0.2) is 53.4 Å². The molecule has 1 aromatic heterocycles. The van der Waals surface area contributed by atoms with E-state index in [1.54, 1.807) is 48.5 Å². The van der Waals surface area contributed by atoms with Crippen LogP contribution in [0, 0.1) is 11.7 Å². The van der Waals surface area contributed by atoms with Crippen molar-refractivity contribution in [2.75, 3.05) is 31.3 Å². The molecule has 0 aliphatic carbocycles. The summed E-state index contributed by atoms with van der Waals surface area (Å²) in [5.41, 5.74) is 1.55. The molecule has 4 aromatic rings. The summed E-state index contributed by atoms with van der Waals surface area (Å²) in [6.07, 6.45) is 0.849. The van der Waals surface area contributed by atoms with Crippen LogP contribution in [0.5, 0.6) is 23.0 Å². The van der Waals surface area contributed by atoms with E-state index in [0.717, 1.165) is 23.3 Å². The number of rotatable bonds is 12.